The van der Waals surface area contributed by atoms with Crippen LogP contribution in [0.1, 0.15) is 30.4 Å². The number of ether oxygens (including phenoxy) is 2. The predicted octanol–water partition coefficient (Wildman–Crippen LogP) is 1.88. The molecule has 1 aromatic rings. The number of amides is 1. The molecule has 0 N–H and O–H groups in total. The molecule has 1 aromatic carbocycles. The molecule has 2 fully saturated rings. The van der Waals surface area contributed by atoms with Crippen molar-refractivity contribution in [2.24, 2.45) is 0 Å². The van der Waals surface area contributed by atoms with Crippen LogP contribution >= 0.6 is 0 Å². The number of carbonyl (C=O) groups excluding carboxylic acids is 1. The van der Waals surface area contributed by atoms with Crippen LogP contribution in [0, 0.1) is 0 Å². The summed E-state index contributed by atoms with van der Waals surface area (Å²) in [6, 6.07) is 6.25. The maximum atomic E-state index is 12.4. The number of nitrogens with zero attached hydrogens (tertiary/aromatic N) is 2. The Bertz CT molecular complexity index is 605. The van der Waals surface area contributed by atoms with Crippen LogP contribution < -0.4 is 4.74 Å². The van der Waals surface area contributed by atoms with Gasteiger partial charge >= 0.3 is 0 Å². The number of fused-ring (bicyclic) bond motifs is 1. The van der Waals surface area contributed by atoms with Gasteiger partial charge in [-0.25, -0.2) is 0 Å². The second-order valence-electron chi connectivity index (χ2n) is 7.39. The summed E-state index contributed by atoms with van der Waals surface area (Å²) in [5.74, 6) is 0.920. The van der Waals surface area contributed by atoms with E-state index in [0.717, 1.165) is 51.5 Å². The van der Waals surface area contributed by atoms with Crippen LogP contribution in [0.2, 0.25) is 0 Å². The molecule has 5 nitrogen and oxygen atoms in total. The first kappa shape index (κ1) is 16.9. The highest BCUT2D eigenvalue weighted by atomic mass is 16.5. The van der Waals surface area contributed by atoms with E-state index in [9.17, 15) is 4.79 Å². The molecule has 0 aromatic heterocycles. The van der Waals surface area contributed by atoms with Crippen molar-refractivity contribution in [3.8, 4) is 5.75 Å². The average molecular weight is 344 g/mol. The van der Waals surface area contributed by atoms with Gasteiger partial charge in [0.1, 0.15) is 5.75 Å². The highest BCUT2D eigenvalue weighted by molar-refractivity contribution is 5.77. The first-order valence-corrected chi connectivity index (χ1v) is 9.64. The fourth-order valence-corrected chi connectivity index (χ4v) is 4.13. The zero-order valence-corrected chi connectivity index (χ0v) is 14.9. The number of piperazine rings is 1. The molecule has 2 aliphatic heterocycles. The summed E-state index contributed by atoms with van der Waals surface area (Å²) in [6.07, 6.45) is 6.29. The minimum atomic E-state index is 0.0947. The van der Waals surface area contributed by atoms with Gasteiger partial charge in [0.25, 0.3) is 5.91 Å². The maximum Gasteiger partial charge on any atom is 0.260 e. The minimum absolute atomic E-state index is 0.0947. The fourth-order valence-electron chi connectivity index (χ4n) is 4.13. The van der Waals surface area contributed by atoms with Gasteiger partial charge in [-0.3, -0.25) is 9.69 Å². The zero-order chi connectivity index (χ0) is 17.1. The minimum Gasteiger partial charge on any atom is -0.484 e. The molecule has 1 atom stereocenters. The smallest absolute Gasteiger partial charge is 0.260 e. The number of carbonyl (C=O) groups is 1. The fraction of sp³-hybridized carbons (Fsp3) is 0.650. The molecular formula is C20H28N2O3. The third kappa shape index (κ3) is 4.15. The van der Waals surface area contributed by atoms with Crippen LogP contribution in [0.25, 0.3) is 0 Å². The van der Waals surface area contributed by atoms with Gasteiger partial charge in [-0.05, 0) is 55.4 Å². The van der Waals surface area contributed by atoms with Crippen molar-refractivity contribution in [1.29, 1.82) is 0 Å². The molecule has 0 radical (unpaired) electrons. The van der Waals surface area contributed by atoms with E-state index in [1.807, 2.05) is 11.0 Å². The Labute approximate surface area is 149 Å². The van der Waals surface area contributed by atoms with Crippen LogP contribution in [0.15, 0.2) is 18.2 Å². The molecule has 25 heavy (non-hydrogen) atoms. The third-order valence-corrected chi connectivity index (χ3v) is 5.64. The van der Waals surface area contributed by atoms with Gasteiger partial charge < -0.3 is 14.4 Å². The Morgan fingerprint density at radius 1 is 1.12 bits per heavy atom. The van der Waals surface area contributed by atoms with E-state index in [-0.39, 0.29) is 12.5 Å². The normalized spacial score (nSPS) is 23.7. The monoisotopic (exact) mass is 344 g/mol. The number of aryl methyl sites for hydroxylation is 2. The van der Waals surface area contributed by atoms with Crippen LogP contribution in [-0.2, 0) is 22.4 Å². The van der Waals surface area contributed by atoms with Crippen molar-refractivity contribution < 1.29 is 14.3 Å². The number of benzene rings is 1. The van der Waals surface area contributed by atoms with E-state index in [2.05, 4.69) is 17.0 Å². The molecule has 3 aliphatic rings. The first-order chi connectivity index (χ1) is 12.3. The molecule has 0 spiro atoms. The summed E-state index contributed by atoms with van der Waals surface area (Å²) in [7, 11) is 0. The Morgan fingerprint density at radius 3 is 2.76 bits per heavy atom. The van der Waals surface area contributed by atoms with Crippen LogP contribution in [-0.4, -0.2) is 67.7 Å². The Morgan fingerprint density at radius 2 is 1.96 bits per heavy atom. The molecule has 1 aliphatic carbocycles. The molecular weight excluding hydrogens is 316 g/mol. The van der Waals surface area contributed by atoms with Gasteiger partial charge in [-0.2, -0.15) is 0 Å². The summed E-state index contributed by atoms with van der Waals surface area (Å²) in [5.41, 5.74) is 2.81. The van der Waals surface area contributed by atoms with E-state index in [4.69, 9.17) is 9.47 Å². The highest BCUT2D eigenvalue weighted by Gasteiger charge is 2.25. The molecule has 4 rings (SSSR count). The molecule has 2 saturated heterocycles. The van der Waals surface area contributed by atoms with Crippen LogP contribution in [0.5, 0.6) is 5.75 Å². The summed E-state index contributed by atoms with van der Waals surface area (Å²) in [4.78, 5) is 16.8. The van der Waals surface area contributed by atoms with Crippen molar-refractivity contribution in [2.75, 3.05) is 45.9 Å². The van der Waals surface area contributed by atoms with Gasteiger partial charge in [0.15, 0.2) is 6.61 Å². The number of hydrogen-bond acceptors (Lipinski definition) is 4. The quantitative estimate of drug-likeness (QED) is 0.818. The largest absolute Gasteiger partial charge is 0.484 e. The van der Waals surface area contributed by atoms with E-state index >= 15 is 0 Å². The molecule has 136 valence electrons. The van der Waals surface area contributed by atoms with Crippen LogP contribution in [0.3, 0.4) is 0 Å². The highest BCUT2D eigenvalue weighted by Crippen LogP contribution is 2.26. The SMILES string of the molecule is O=C(COc1ccc2c(c1)CCC2)N1CCN(C[C@@H]2CCCO2)CC1. The van der Waals surface area contributed by atoms with Gasteiger partial charge in [0.2, 0.25) is 0 Å². The summed E-state index contributed by atoms with van der Waals surface area (Å²) < 4.78 is 11.5. The van der Waals surface area contributed by atoms with Crippen molar-refractivity contribution in [3.05, 3.63) is 29.3 Å². The van der Waals surface area contributed by atoms with E-state index in [1.165, 1.54) is 36.8 Å². The lowest BCUT2D eigenvalue weighted by molar-refractivity contribution is -0.135. The summed E-state index contributed by atoms with van der Waals surface area (Å²) in [5, 5.41) is 0. The number of hydrogen-bond donors (Lipinski definition) is 0. The van der Waals surface area contributed by atoms with Crippen molar-refractivity contribution in [1.82, 2.24) is 9.80 Å². The average Bonchev–Trinajstić information content (AvgIpc) is 3.31. The topological polar surface area (TPSA) is 42.0 Å². The van der Waals surface area contributed by atoms with E-state index in [0.29, 0.717) is 6.10 Å². The molecule has 2 heterocycles. The molecule has 1 amide bonds. The second kappa shape index (κ2) is 7.75. The standard InChI is InChI=1S/C20H28N2O3/c23-20(15-25-18-7-6-16-3-1-4-17(16)13-18)22-10-8-21(9-11-22)14-19-5-2-12-24-19/h6-7,13,19H,1-5,8-12,14-15H2/t19-/m0/s1. The maximum absolute atomic E-state index is 12.4. The van der Waals surface area contributed by atoms with E-state index in [1.54, 1.807) is 0 Å². The summed E-state index contributed by atoms with van der Waals surface area (Å²) >= 11 is 0. The van der Waals surface area contributed by atoms with Gasteiger partial charge in [0.05, 0.1) is 6.10 Å². The van der Waals surface area contributed by atoms with Crippen molar-refractivity contribution >= 4 is 5.91 Å². The Kier molecular flexibility index (Phi) is 5.22. The van der Waals surface area contributed by atoms with Gasteiger partial charge in [-0.15, -0.1) is 0 Å². The third-order valence-electron chi connectivity index (χ3n) is 5.64. The van der Waals surface area contributed by atoms with E-state index < -0.39 is 0 Å². The Balaban J connectivity index is 1.21. The molecule has 5 heteroatoms. The summed E-state index contributed by atoms with van der Waals surface area (Å²) in [6.45, 7) is 5.51. The Hall–Kier alpha value is -1.59. The number of rotatable bonds is 5. The molecule has 0 bridgehead atoms. The predicted molar refractivity (Wildman–Crippen MR) is 96.0 cm³/mol. The first-order valence-electron chi connectivity index (χ1n) is 9.64. The lowest BCUT2D eigenvalue weighted by Gasteiger charge is -2.35. The molecule has 0 unspecified atom stereocenters. The second-order valence-corrected chi connectivity index (χ2v) is 7.39. The lowest BCUT2D eigenvalue weighted by atomic mass is 10.1. The van der Waals surface area contributed by atoms with Crippen molar-refractivity contribution in [2.45, 2.75) is 38.2 Å². The molecule has 0 saturated carbocycles. The van der Waals surface area contributed by atoms with Crippen molar-refractivity contribution in [3.63, 3.8) is 0 Å². The zero-order valence-electron chi connectivity index (χ0n) is 14.9. The van der Waals surface area contributed by atoms with Crippen LogP contribution in [0.4, 0.5) is 0 Å². The van der Waals surface area contributed by atoms with Gasteiger partial charge in [0, 0.05) is 39.3 Å². The lowest BCUT2D eigenvalue weighted by Crippen LogP contribution is -2.51. The van der Waals surface area contributed by atoms with Gasteiger partial charge in [-0.1, -0.05) is 6.07 Å².